The van der Waals surface area contributed by atoms with Crippen LogP contribution in [0.25, 0.3) is 5.65 Å². The Bertz CT molecular complexity index is 434. The molecule has 0 aliphatic heterocycles. The van der Waals surface area contributed by atoms with Crippen LogP contribution in [-0.2, 0) is 0 Å². The summed E-state index contributed by atoms with van der Waals surface area (Å²) >= 11 is 3.26. The van der Waals surface area contributed by atoms with E-state index in [9.17, 15) is 0 Å². The second-order valence-corrected chi connectivity index (χ2v) is 3.33. The molecule has 0 atom stereocenters. The molecule has 0 unspecified atom stereocenters. The van der Waals surface area contributed by atoms with Gasteiger partial charge in [-0.05, 0) is 22.9 Å². The Kier molecular flexibility index (Phi) is 1.54. The van der Waals surface area contributed by atoms with Gasteiger partial charge in [0.1, 0.15) is 10.4 Å². The van der Waals surface area contributed by atoms with Crippen molar-refractivity contribution >= 4 is 27.4 Å². The maximum atomic E-state index is 5.76. The van der Waals surface area contributed by atoms with Crippen LogP contribution in [0.2, 0.25) is 0 Å². The van der Waals surface area contributed by atoms with Gasteiger partial charge in [-0.1, -0.05) is 0 Å². The number of rotatable bonds is 0. The molecule has 0 fully saturated rings. The number of nitrogens with zero attached hydrogens (tertiary/aromatic N) is 3. The number of nitrogen functional groups attached to an aromatic ring is 1. The van der Waals surface area contributed by atoms with Crippen LogP contribution in [0.1, 0.15) is 5.69 Å². The van der Waals surface area contributed by atoms with Gasteiger partial charge in [0.25, 0.3) is 0 Å². The molecule has 62 valence electrons. The molecule has 0 spiro atoms. The number of imidazole rings is 1. The van der Waals surface area contributed by atoms with Crippen LogP contribution in [0.4, 0.5) is 5.82 Å². The van der Waals surface area contributed by atoms with E-state index >= 15 is 0 Å². The maximum absolute atomic E-state index is 5.76. The minimum Gasteiger partial charge on any atom is -0.383 e. The molecule has 2 N–H and O–H groups in total. The zero-order valence-electron chi connectivity index (χ0n) is 6.45. The van der Waals surface area contributed by atoms with Crippen molar-refractivity contribution in [2.45, 2.75) is 6.92 Å². The molecule has 4 nitrogen and oxygen atoms in total. The molecule has 2 aromatic rings. The van der Waals surface area contributed by atoms with Crippen LogP contribution >= 0.6 is 15.9 Å². The molecular weight excluding hydrogens is 220 g/mol. The summed E-state index contributed by atoms with van der Waals surface area (Å²) in [6, 6.07) is 0. The van der Waals surface area contributed by atoms with Gasteiger partial charge in [0.15, 0.2) is 5.65 Å². The molecule has 0 saturated carbocycles. The molecule has 0 saturated heterocycles. The normalized spacial score (nSPS) is 10.8. The molecule has 2 rings (SSSR count). The molecule has 0 aliphatic rings. The summed E-state index contributed by atoms with van der Waals surface area (Å²) in [6.07, 6.45) is 3.47. The molecular formula is C7H7BrN4. The second kappa shape index (κ2) is 2.45. The van der Waals surface area contributed by atoms with Crippen LogP contribution in [0.5, 0.6) is 0 Å². The van der Waals surface area contributed by atoms with Crippen molar-refractivity contribution in [2.75, 3.05) is 5.73 Å². The SMILES string of the molecule is Cc1nc2cnc(Br)cn2c1N. The lowest BCUT2D eigenvalue weighted by molar-refractivity contribution is 1.11. The number of anilines is 1. The Morgan fingerprint density at radius 3 is 3.08 bits per heavy atom. The Balaban J connectivity index is 2.88. The zero-order chi connectivity index (χ0) is 8.72. The van der Waals surface area contributed by atoms with Crippen molar-refractivity contribution in [3.8, 4) is 0 Å². The number of hydrogen-bond donors (Lipinski definition) is 1. The van der Waals surface area contributed by atoms with Crippen molar-refractivity contribution in [2.24, 2.45) is 0 Å². The molecule has 2 aromatic heterocycles. The van der Waals surface area contributed by atoms with Crippen LogP contribution in [0.3, 0.4) is 0 Å². The number of nitrogens with two attached hydrogens (primary N) is 1. The Labute approximate surface area is 77.6 Å². The first-order valence-corrected chi connectivity index (χ1v) is 4.23. The first kappa shape index (κ1) is 7.54. The highest BCUT2D eigenvalue weighted by atomic mass is 79.9. The standard InChI is InChI=1S/C7H7BrN4/c1-4-7(9)12-3-5(8)10-2-6(12)11-4/h2-3H,9H2,1H3. The van der Waals surface area contributed by atoms with Gasteiger partial charge in [-0.3, -0.25) is 4.40 Å². The van der Waals surface area contributed by atoms with E-state index in [-0.39, 0.29) is 0 Å². The zero-order valence-corrected chi connectivity index (χ0v) is 8.04. The van der Waals surface area contributed by atoms with Crippen molar-refractivity contribution in [3.05, 3.63) is 22.7 Å². The van der Waals surface area contributed by atoms with E-state index in [0.717, 1.165) is 15.9 Å². The van der Waals surface area contributed by atoms with E-state index in [1.165, 1.54) is 0 Å². The quantitative estimate of drug-likeness (QED) is 0.739. The summed E-state index contributed by atoms with van der Waals surface area (Å²) in [5, 5.41) is 0. The fraction of sp³-hybridized carbons (Fsp3) is 0.143. The number of fused-ring (bicyclic) bond motifs is 1. The van der Waals surface area contributed by atoms with E-state index in [1.807, 2.05) is 6.92 Å². The number of halogens is 1. The molecule has 0 aliphatic carbocycles. The van der Waals surface area contributed by atoms with E-state index < -0.39 is 0 Å². The summed E-state index contributed by atoms with van der Waals surface area (Å²) in [7, 11) is 0. The van der Waals surface area contributed by atoms with Crippen LogP contribution in [0.15, 0.2) is 17.0 Å². The Morgan fingerprint density at radius 2 is 2.33 bits per heavy atom. The predicted molar refractivity (Wildman–Crippen MR) is 49.8 cm³/mol. The summed E-state index contributed by atoms with van der Waals surface area (Å²) < 4.78 is 2.55. The van der Waals surface area contributed by atoms with E-state index in [0.29, 0.717) is 5.82 Å². The minimum absolute atomic E-state index is 0.660. The number of aromatic nitrogens is 3. The van der Waals surface area contributed by atoms with E-state index in [4.69, 9.17) is 5.73 Å². The Morgan fingerprint density at radius 1 is 1.58 bits per heavy atom. The van der Waals surface area contributed by atoms with Crippen molar-refractivity contribution in [1.82, 2.24) is 14.4 Å². The van der Waals surface area contributed by atoms with Crippen LogP contribution < -0.4 is 5.73 Å². The third-order valence-corrected chi connectivity index (χ3v) is 2.11. The average Bonchev–Trinajstić information content (AvgIpc) is 2.31. The fourth-order valence-electron chi connectivity index (χ4n) is 1.07. The lowest BCUT2D eigenvalue weighted by atomic mass is 10.5. The van der Waals surface area contributed by atoms with E-state index in [2.05, 4.69) is 25.9 Å². The molecule has 5 heteroatoms. The highest BCUT2D eigenvalue weighted by Crippen LogP contribution is 2.15. The number of hydrogen-bond acceptors (Lipinski definition) is 3. The van der Waals surface area contributed by atoms with E-state index in [1.54, 1.807) is 16.8 Å². The van der Waals surface area contributed by atoms with Gasteiger partial charge in [-0.15, -0.1) is 0 Å². The summed E-state index contributed by atoms with van der Waals surface area (Å²) in [4.78, 5) is 8.25. The van der Waals surface area contributed by atoms with Gasteiger partial charge in [-0.25, -0.2) is 9.97 Å². The van der Waals surface area contributed by atoms with Crippen LogP contribution in [0, 0.1) is 6.92 Å². The first-order chi connectivity index (χ1) is 5.68. The van der Waals surface area contributed by atoms with Crippen molar-refractivity contribution in [3.63, 3.8) is 0 Å². The van der Waals surface area contributed by atoms with Crippen molar-refractivity contribution in [1.29, 1.82) is 0 Å². The predicted octanol–water partition coefficient (Wildman–Crippen LogP) is 1.38. The van der Waals surface area contributed by atoms with Gasteiger partial charge in [0.05, 0.1) is 11.9 Å². The molecule has 12 heavy (non-hydrogen) atoms. The smallest absolute Gasteiger partial charge is 0.157 e. The fourth-order valence-corrected chi connectivity index (χ4v) is 1.37. The van der Waals surface area contributed by atoms with Gasteiger partial charge in [0.2, 0.25) is 0 Å². The molecule has 0 aromatic carbocycles. The lowest BCUT2D eigenvalue weighted by Crippen LogP contribution is -1.94. The number of aryl methyl sites for hydroxylation is 1. The van der Waals surface area contributed by atoms with Gasteiger partial charge in [0, 0.05) is 6.20 Å². The first-order valence-electron chi connectivity index (χ1n) is 3.44. The van der Waals surface area contributed by atoms with Crippen molar-refractivity contribution < 1.29 is 0 Å². The largest absolute Gasteiger partial charge is 0.383 e. The van der Waals surface area contributed by atoms with Gasteiger partial charge >= 0.3 is 0 Å². The monoisotopic (exact) mass is 226 g/mol. The summed E-state index contributed by atoms with van der Waals surface area (Å²) in [5.74, 6) is 0.660. The van der Waals surface area contributed by atoms with Crippen LogP contribution in [-0.4, -0.2) is 14.4 Å². The topological polar surface area (TPSA) is 56.2 Å². The van der Waals surface area contributed by atoms with Gasteiger partial charge in [-0.2, -0.15) is 0 Å². The maximum Gasteiger partial charge on any atom is 0.157 e. The lowest BCUT2D eigenvalue weighted by Gasteiger charge is -1.95. The highest BCUT2D eigenvalue weighted by molar-refractivity contribution is 9.10. The summed E-state index contributed by atoms with van der Waals surface area (Å²) in [6.45, 7) is 1.87. The molecule has 0 radical (unpaired) electrons. The average molecular weight is 227 g/mol. The minimum atomic E-state index is 0.660. The van der Waals surface area contributed by atoms with Gasteiger partial charge < -0.3 is 5.73 Å². The third kappa shape index (κ3) is 0.972. The molecule has 2 heterocycles. The highest BCUT2D eigenvalue weighted by Gasteiger charge is 2.04. The molecule has 0 amide bonds. The third-order valence-electron chi connectivity index (χ3n) is 1.70. The second-order valence-electron chi connectivity index (χ2n) is 2.52. The molecule has 0 bridgehead atoms. The Hall–Kier alpha value is -1.10. The summed E-state index contributed by atoms with van der Waals surface area (Å²) in [5.41, 5.74) is 7.36.